The fourth-order valence-electron chi connectivity index (χ4n) is 2.35. The molecular weight excluding hydrogens is 243 g/mol. The van der Waals surface area contributed by atoms with E-state index in [1.807, 2.05) is 13.0 Å². The average molecular weight is 258 g/mol. The first kappa shape index (κ1) is 13.5. The summed E-state index contributed by atoms with van der Waals surface area (Å²) in [5.74, 6) is 0. The van der Waals surface area contributed by atoms with Crippen molar-refractivity contribution in [3.05, 3.63) is 45.5 Å². The lowest BCUT2D eigenvalue weighted by atomic mass is 9.88. The highest BCUT2D eigenvalue weighted by molar-refractivity contribution is 6.64. The molecule has 0 aromatic heterocycles. The van der Waals surface area contributed by atoms with Crippen molar-refractivity contribution in [1.82, 2.24) is 4.81 Å². The molecule has 1 aliphatic heterocycles. The van der Waals surface area contributed by atoms with E-state index in [9.17, 15) is 14.9 Å². The number of nitro groups is 1. The van der Waals surface area contributed by atoms with Gasteiger partial charge >= 0.3 is 0 Å². The van der Waals surface area contributed by atoms with Crippen LogP contribution in [0.25, 0.3) is 5.57 Å². The van der Waals surface area contributed by atoms with Gasteiger partial charge in [0.1, 0.15) is 0 Å². The first-order valence-corrected chi connectivity index (χ1v) is 6.22. The smallest absolute Gasteiger partial charge is 0.281 e. The Morgan fingerprint density at radius 1 is 1.47 bits per heavy atom. The minimum absolute atomic E-state index is 0.125. The van der Waals surface area contributed by atoms with Crippen molar-refractivity contribution < 1.29 is 9.72 Å². The number of carbonyl (C=O) groups excluding carboxylic acids is 1. The summed E-state index contributed by atoms with van der Waals surface area (Å²) in [5, 5.41) is 10.7. The van der Waals surface area contributed by atoms with Crippen LogP contribution in [0.2, 0.25) is 0 Å². The number of nitro benzene ring substituents is 1. The Morgan fingerprint density at radius 2 is 2.26 bits per heavy atom. The van der Waals surface area contributed by atoms with Crippen LogP contribution in [0.15, 0.2) is 24.3 Å². The lowest BCUT2D eigenvalue weighted by Crippen LogP contribution is -2.32. The summed E-state index contributed by atoms with van der Waals surface area (Å²) in [6, 6.07) is 4.96. The third kappa shape index (κ3) is 3.09. The number of aryl methyl sites for hydroxylation is 1. The van der Waals surface area contributed by atoms with E-state index in [0.717, 1.165) is 36.8 Å². The molecule has 0 unspecified atom stereocenters. The summed E-state index contributed by atoms with van der Waals surface area (Å²) >= 11 is 0. The molecule has 5 nitrogen and oxygen atoms in total. The summed E-state index contributed by atoms with van der Waals surface area (Å²) in [7, 11) is 0.461. The average Bonchev–Trinajstić information content (AvgIpc) is 2.40. The van der Waals surface area contributed by atoms with Crippen molar-refractivity contribution >= 4 is 24.9 Å². The van der Waals surface area contributed by atoms with Gasteiger partial charge in [-0.15, -0.1) is 0 Å². The van der Waals surface area contributed by atoms with E-state index in [4.69, 9.17) is 0 Å². The topological polar surface area (TPSA) is 63.5 Å². The third-order valence-electron chi connectivity index (χ3n) is 3.39. The Hall–Kier alpha value is -1.95. The van der Waals surface area contributed by atoms with Crippen LogP contribution < -0.4 is 0 Å². The summed E-state index contributed by atoms with van der Waals surface area (Å²) in [5.41, 5.74) is 3.32. The third-order valence-corrected chi connectivity index (χ3v) is 3.39. The normalized spacial score (nSPS) is 15.7. The molecule has 0 saturated carbocycles. The number of rotatable bonds is 4. The van der Waals surface area contributed by atoms with Crippen LogP contribution in [0.1, 0.15) is 17.5 Å². The lowest BCUT2D eigenvalue weighted by Gasteiger charge is -2.24. The van der Waals surface area contributed by atoms with Crippen LogP contribution in [0.5, 0.6) is 0 Å². The predicted octanol–water partition coefficient (Wildman–Crippen LogP) is 1.53. The number of benzene rings is 1. The zero-order valence-corrected chi connectivity index (χ0v) is 10.8. The Kier molecular flexibility index (Phi) is 4.11. The number of nitrogens with zero attached hydrogens (tertiary/aromatic N) is 2. The van der Waals surface area contributed by atoms with Gasteiger partial charge in [-0.25, -0.2) is 0 Å². The van der Waals surface area contributed by atoms with E-state index < -0.39 is 0 Å². The molecule has 0 atom stereocenters. The van der Waals surface area contributed by atoms with E-state index in [-0.39, 0.29) is 10.6 Å². The highest BCUT2D eigenvalue weighted by Crippen LogP contribution is 2.27. The molecule has 0 radical (unpaired) electrons. The minimum Gasteiger partial charge on any atom is -0.335 e. The fourth-order valence-corrected chi connectivity index (χ4v) is 2.35. The standard InChI is InChI=1S/C13H15BN2O3/c1-10-8-12(16(18)19)2-3-13(10)11-4-6-15(7-5-11)14-9-17/h2-4,8-9,14H,5-7H2,1H3. The molecule has 0 saturated heterocycles. The molecule has 0 fully saturated rings. The number of carbonyl (C=O) groups is 1. The molecule has 0 N–H and O–H groups in total. The van der Waals surface area contributed by atoms with E-state index in [2.05, 4.69) is 10.9 Å². The second-order valence-corrected chi connectivity index (χ2v) is 4.66. The van der Waals surface area contributed by atoms with Gasteiger partial charge in [-0.3, -0.25) is 10.1 Å². The Bertz CT molecular complexity index is 543. The molecule has 2 rings (SSSR count). The quantitative estimate of drug-likeness (QED) is 0.355. The van der Waals surface area contributed by atoms with Gasteiger partial charge in [-0.05, 0) is 42.7 Å². The van der Waals surface area contributed by atoms with Gasteiger partial charge in [0.2, 0.25) is 0 Å². The maximum atomic E-state index is 10.7. The number of non-ortho nitro benzene ring substituents is 1. The van der Waals surface area contributed by atoms with E-state index in [0.29, 0.717) is 7.41 Å². The molecule has 19 heavy (non-hydrogen) atoms. The molecule has 6 heteroatoms. The first-order chi connectivity index (χ1) is 9.11. The van der Waals surface area contributed by atoms with Gasteiger partial charge in [0.15, 0.2) is 0 Å². The largest absolute Gasteiger partial charge is 0.335 e. The zero-order chi connectivity index (χ0) is 13.8. The van der Waals surface area contributed by atoms with Gasteiger partial charge in [0.25, 0.3) is 13.1 Å². The van der Waals surface area contributed by atoms with E-state index in [1.54, 1.807) is 12.1 Å². The van der Waals surface area contributed by atoms with Crippen molar-refractivity contribution in [1.29, 1.82) is 0 Å². The zero-order valence-electron chi connectivity index (χ0n) is 10.8. The van der Waals surface area contributed by atoms with Crippen molar-refractivity contribution in [2.45, 2.75) is 13.3 Å². The Morgan fingerprint density at radius 3 is 2.79 bits per heavy atom. The summed E-state index contributed by atoms with van der Waals surface area (Å²) in [4.78, 5) is 22.9. The van der Waals surface area contributed by atoms with Gasteiger partial charge in [0, 0.05) is 18.7 Å². The van der Waals surface area contributed by atoms with Crippen LogP contribution in [0.4, 0.5) is 5.69 Å². The highest BCUT2D eigenvalue weighted by atomic mass is 16.6. The number of hydrogen-bond donors (Lipinski definition) is 0. The van der Waals surface area contributed by atoms with E-state index in [1.165, 1.54) is 5.57 Å². The van der Waals surface area contributed by atoms with Crippen LogP contribution >= 0.6 is 0 Å². The van der Waals surface area contributed by atoms with Crippen LogP contribution in [-0.4, -0.2) is 36.4 Å². The monoisotopic (exact) mass is 258 g/mol. The summed E-state index contributed by atoms with van der Waals surface area (Å²) in [6.07, 6.45) is 3.88. The molecule has 1 aromatic carbocycles. The van der Waals surface area contributed by atoms with Gasteiger partial charge in [-0.2, -0.15) is 0 Å². The van der Waals surface area contributed by atoms with Crippen molar-refractivity contribution in [2.75, 3.05) is 13.1 Å². The second-order valence-electron chi connectivity index (χ2n) is 4.66. The van der Waals surface area contributed by atoms with Crippen molar-refractivity contribution in [3.8, 4) is 0 Å². The van der Waals surface area contributed by atoms with Crippen LogP contribution in [0.3, 0.4) is 0 Å². The van der Waals surface area contributed by atoms with Gasteiger partial charge in [0.05, 0.1) is 11.1 Å². The molecule has 1 aliphatic rings. The second kappa shape index (κ2) is 5.80. The van der Waals surface area contributed by atoms with Crippen LogP contribution in [0, 0.1) is 17.0 Å². The maximum Gasteiger partial charge on any atom is 0.281 e. The molecule has 0 aliphatic carbocycles. The summed E-state index contributed by atoms with van der Waals surface area (Å²) < 4.78 is 0. The molecular formula is C13H15BN2O3. The van der Waals surface area contributed by atoms with Crippen molar-refractivity contribution in [3.63, 3.8) is 0 Å². The molecule has 98 valence electrons. The van der Waals surface area contributed by atoms with Gasteiger partial charge in [-0.1, -0.05) is 6.08 Å². The SMILES string of the molecule is Cc1cc([N+](=O)[O-])ccc1C1=CCN(BC=O)CC1. The lowest BCUT2D eigenvalue weighted by molar-refractivity contribution is -0.384. The Labute approximate surface area is 112 Å². The molecule has 0 spiro atoms. The van der Waals surface area contributed by atoms with Crippen molar-refractivity contribution in [2.24, 2.45) is 0 Å². The molecule has 1 heterocycles. The fraction of sp³-hybridized carbons (Fsp3) is 0.308. The maximum absolute atomic E-state index is 10.7. The van der Waals surface area contributed by atoms with Gasteiger partial charge < -0.3 is 9.61 Å². The summed E-state index contributed by atoms with van der Waals surface area (Å²) in [6.45, 7) is 3.49. The first-order valence-electron chi connectivity index (χ1n) is 6.22. The highest BCUT2D eigenvalue weighted by Gasteiger charge is 2.16. The number of hydrogen-bond acceptors (Lipinski definition) is 4. The minimum atomic E-state index is -0.377. The molecule has 0 amide bonds. The Balaban J connectivity index is 2.19. The predicted molar refractivity (Wildman–Crippen MR) is 75.9 cm³/mol. The van der Waals surface area contributed by atoms with Crippen LogP contribution in [-0.2, 0) is 4.79 Å². The molecule has 1 aromatic rings. The molecule has 0 bridgehead atoms. The van der Waals surface area contributed by atoms with E-state index >= 15 is 0 Å².